The molecule has 29 heavy (non-hydrogen) atoms. The largest absolute Gasteiger partial charge is 0.488 e. The van der Waals surface area contributed by atoms with Gasteiger partial charge in [-0.15, -0.1) is 0 Å². The summed E-state index contributed by atoms with van der Waals surface area (Å²) < 4.78 is 16.2. The lowest BCUT2D eigenvalue weighted by Crippen LogP contribution is -2.42. The van der Waals surface area contributed by atoms with Crippen LogP contribution in [0.3, 0.4) is 0 Å². The molecule has 2 rings (SSSR count). The topological polar surface area (TPSA) is 90.0 Å². The van der Waals surface area contributed by atoms with Gasteiger partial charge in [0.05, 0.1) is 6.54 Å². The van der Waals surface area contributed by atoms with Crippen molar-refractivity contribution in [1.82, 2.24) is 10.3 Å². The predicted octanol–water partition coefficient (Wildman–Crippen LogP) is 3.48. The zero-order valence-corrected chi connectivity index (χ0v) is 17.9. The number of hydrogen-bond donors (Lipinski definition) is 1. The molecule has 8 nitrogen and oxygen atoms in total. The summed E-state index contributed by atoms with van der Waals surface area (Å²) in [6.07, 6.45) is 1.12. The second kappa shape index (κ2) is 9.03. The highest BCUT2D eigenvalue weighted by Gasteiger charge is 2.29. The molecule has 2 heterocycles. The van der Waals surface area contributed by atoms with Gasteiger partial charge >= 0.3 is 12.2 Å². The summed E-state index contributed by atoms with van der Waals surface area (Å²) in [4.78, 5) is 29.7. The molecule has 0 unspecified atom stereocenters. The van der Waals surface area contributed by atoms with Crippen molar-refractivity contribution < 1.29 is 23.8 Å². The molecule has 0 fully saturated rings. The summed E-state index contributed by atoms with van der Waals surface area (Å²) in [6.45, 7) is 12.0. The highest BCUT2D eigenvalue weighted by atomic mass is 16.6. The van der Waals surface area contributed by atoms with Gasteiger partial charge in [-0.05, 0) is 41.5 Å². The van der Waals surface area contributed by atoms with Crippen LogP contribution in [-0.2, 0) is 9.47 Å². The summed E-state index contributed by atoms with van der Waals surface area (Å²) in [7, 11) is 0. The number of ether oxygens (including phenoxy) is 3. The average Bonchev–Trinajstić information content (AvgIpc) is 2.57. The maximum absolute atomic E-state index is 12.4. The van der Waals surface area contributed by atoms with Gasteiger partial charge in [-0.1, -0.05) is 11.8 Å². The highest BCUT2D eigenvalue weighted by Crippen LogP contribution is 2.30. The summed E-state index contributed by atoms with van der Waals surface area (Å²) in [6, 6.07) is 1.74. The van der Waals surface area contributed by atoms with Gasteiger partial charge in [-0.2, -0.15) is 0 Å². The number of carbonyl (C=O) groups is 2. The van der Waals surface area contributed by atoms with E-state index in [1.807, 2.05) is 41.5 Å². The molecule has 158 valence electrons. The summed E-state index contributed by atoms with van der Waals surface area (Å²) in [5.74, 6) is 6.86. The van der Waals surface area contributed by atoms with Crippen molar-refractivity contribution in [1.29, 1.82) is 0 Å². The maximum Gasteiger partial charge on any atom is 0.416 e. The van der Waals surface area contributed by atoms with Crippen molar-refractivity contribution in [2.75, 3.05) is 24.6 Å². The van der Waals surface area contributed by atoms with E-state index in [9.17, 15) is 9.59 Å². The molecule has 0 aromatic carbocycles. The Hall–Kier alpha value is -2.95. The molecule has 1 aromatic rings. The van der Waals surface area contributed by atoms with Gasteiger partial charge in [0.25, 0.3) is 0 Å². The molecule has 0 spiro atoms. The van der Waals surface area contributed by atoms with E-state index in [-0.39, 0.29) is 0 Å². The highest BCUT2D eigenvalue weighted by molar-refractivity contribution is 5.89. The van der Waals surface area contributed by atoms with Gasteiger partial charge in [-0.25, -0.2) is 14.6 Å². The molecule has 0 atom stereocenters. The Morgan fingerprint density at radius 1 is 1.21 bits per heavy atom. The number of fused-ring (bicyclic) bond motifs is 1. The Bertz CT molecular complexity index is 812. The first-order valence-electron chi connectivity index (χ1n) is 9.54. The summed E-state index contributed by atoms with van der Waals surface area (Å²) >= 11 is 0. The van der Waals surface area contributed by atoms with Gasteiger partial charge in [0.2, 0.25) is 0 Å². The van der Waals surface area contributed by atoms with Gasteiger partial charge in [-0.3, -0.25) is 4.90 Å². The third-order valence-corrected chi connectivity index (χ3v) is 3.43. The van der Waals surface area contributed by atoms with E-state index < -0.39 is 23.4 Å². The van der Waals surface area contributed by atoms with Crippen molar-refractivity contribution in [2.24, 2.45) is 0 Å². The fourth-order valence-electron chi connectivity index (χ4n) is 2.37. The van der Waals surface area contributed by atoms with Gasteiger partial charge in [0.15, 0.2) is 11.6 Å². The number of amides is 2. The first-order valence-corrected chi connectivity index (χ1v) is 9.54. The Balaban J connectivity index is 1.95. The summed E-state index contributed by atoms with van der Waals surface area (Å²) in [5.41, 5.74) is -0.460. The van der Waals surface area contributed by atoms with Crippen LogP contribution in [0.5, 0.6) is 5.75 Å². The molecule has 0 radical (unpaired) electrons. The number of aromatic nitrogens is 1. The molecule has 8 heteroatoms. The Morgan fingerprint density at radius 2 is 1.90 bits per heavy atom. The standard InChI is InChI=1S/C21H29N3O5/c1-20(2,3)28-18(25)22-10-8-7-9-15-13-16-17(23-14-15)24(11-12-27-16)19(26)29-21(4,5)6/h13-14H,8,10-12H2,1-6H3,(H,22,25). The first-order chi connectivity index (χ1) is 13.4. The van der Waals surface area contributed by atoms with E-state index in [1.165, 1.54) is 4.90 Å². The molecule has 0 aliphatic carbocycles. The predicted molar refractivity (Wildman–Crippen MR) is 109 cm³/mol. The average molecular weight is 403 g/mol. The molecule has 0 saturated carbocycles. The number of pyridine rings is 1. The molecule has 1 aliphatic heterocycles. The molecule has 1 aromatic heterocycles. The van der Waals surface area contributed by atoms with Crippen LogP contribution in [0.4, 0.5) is 15.4 Å². The van der Waals surface area contributed by atoms with E-state index in [0.29, 0.717) is 43.2 Å². The van der Waals surface area contributed by atoms with Crippen molar-refractivity contribution in [3.8, 4) is 17.6 Å². The van der Waals surface area contributed by atoms with Crippen LogP contribution in [0.25, 0.3) is 0 Å². The number of anilines is 1. The van der Waals surface area contributed by atoms with Crippen LogP contribution >= 0.6 is 0 Å². The normalized spacial score (nSPS) is 13.4. The van der Waals surface area contributed by atoms with Crippen LogP contribution in [0.1, 0.15) is 53.5 Å². The third kappa shape index (κ3) is 7.53. The smallest absolute Gasteiger partial charge is 0.416 e. The molecule has 1 aliphatic rings. The zero-order valence-electron chi connectivity index (χ0n) is 17.9. The fraction of sp³-hybridized carbons (Fsp3) is 0.571. The third-order valence-electron chi connectivity index (χ3n) is 3.43. The second-order valence-electron chi connectivity index (χ2n) is 8.51. The second-order valence-corrected chi connectivity index (χ2v) is 8.51. The minimum absolute atomic E-state index is 0.352. The van der Waals surface area contributed by atoms with E-state index in [1.54, 1.807) is 12.3 Å². The lowest BCUT2D eigenvalue weighted by Gasteiger charge is -2.30. The number of carbonyl (C=O) groups excluding carboxylic acids is 2. The van der Waals surface area contributed by atoms with Crippen molar-refractivity contribution in [3.05, 3.63) is 17.8 Å². The quantitative estimate of drug-likeness (QED) is 0.601. The SMILES string of the molecule is CC(C)(C)OC(=O)NCCC#Cc1cnc2c(c1)OCCN2C(=O)OC(C)(C)C. The van der Waals surface area contributed by atoms with E-state index in [0.717, 1.165) is 0 Å². The Labute approximate surface area is 171 Å². The van der Waals surface area contributed by atoms with Crippen molar-refractivity contribution >= 4 is 18.0 Å². The monoisotopic (exact) mass is 403 g/mol. The van der Waals surface area contributed by atoms with Gasteiger partial charge in [0, 0.05) is 30.8 Å². The fourth-order valence-corrected chi connectivity index (χ4v) is 2.37. The Morgan fingerprint density at radius 3 is 2.55 bits per heavy atom. The molecular formula is C21H29N3O5. The van der Waals surface area contributed by atoms with Crippen LogP contribution < -0.4 is 15.0 Å². The molecule has 0 saturated heterocycles. The maximum atomic E-state index is 12.4. The number of alkyl carbamates (subject to hydrolysis) is 1. The minimum atomic E-state index is -0.589. The lowest BCUT2D eigenvalue weighted by molar-refractivity contribution is 0.0526. The van der Waals surface area contributed by atoms with Gasteiger partial charge < -0.3 is 19.5 Å². The van der Waals surface area contributed by atoms with Gasteiger partial charge in [0.1, 0.15) is 17.8 Å². The molecule has 2 amide bonds. The van der Waals surface area contributed by atoms with E-state index >= 15 is 0 Å². The Kier molecular flexibility index (Phi) is 6.96. The molecule has 0 bridgehead atoms. The van der Waals surface area contributed by atoms with Crippen LogP contribution in [0, 0.1) is 11.8 Å². The number of rotatable bonds is 2. The lowest BCUT2D eigenvalue weighted by atomic mass is 10.2. The minimum Gasteiger partial charge on any atom is -0.488 e. The zero-order chi connectivity index (χ0) is 21.7. The first kappa shape index (κ1) is 22.3. The number of nitrogens with one attached hydrogen (secondary N) is 1. The van der Waals surface area contributed by atoms with Crippen LogP contribution in [-0.4, -0.2) is 48.1 Å². The summed E-state index contributed by atoms with van der Waals surface area (Å²) in [5, 5.41) is 2.65. The van der Waals surface area contributed by atoms with Crippen LogP contribution in [0.15, 0.2) is 12.3 Å². The van der Waals surface area contributed by atoms with Crippen molar-refractivity contribution in [2.45, 2.75) is 59.2 Å². The molecule has 1 N–H and O–H groups in total. The van der Waals surface area contributed by atoms with E-state index in [4.69, 9.17) is 14.2 Å². The van der Waals surface area contributed by atoms with E-state index in [2.05, 4.69) is 22.1 Å². The molecular weight excluding hydrogens is 374 g/mol. The number of nitrogens with zero attached hydrogens (tertiary/aromatic N) is 2. The van der Waals surface area contributed by atoms with Crippen LogP contribution in [0.2, 0.25) is 0 Å². The number of hydrogen-bond acceptors (Lipinski definition) is 6. The van der Waals surface area contributed by atoms with Crippen molar-refractivity contribution in [3.63, 3.8) is 0 Å².